The maximum absolute atomic E-state index is 12.9. The number of thiazole rings is 1. The molecule has 3 aromatic rings. The molecule has 0 bridgehead atoms. The van der Waals surface area contributed by atoms with Crippen LogP contribution in [0.5, 0.6) is 5.75 Å². The van der Waals surface area contributed by atoms with Gasteiger partial charge in [-0.2, -0.15) is 0 Å². The lowest BCUT2D eigenvalue weighted by atomic mass is 10.1. The molecule has 6 nitrogen and oxygen atoms in total. The fraction of sp³-hybridized carbons (Fsp3) is 0.261. The second-order valence-electron chi connectivity index (χ2n) is 7.18. The van der Waals surface area contributed by atoms with Crippen LogP contribution < -0.4 is 15.4 Å². The van der Waals surface area contributed by atoms with Gasteiger partial charge in [0, 0.05) is 15.3 Å². The second kappa shape index (κ2) is 9.11. The molecule has 0 saturated heterocycles. The van der Waals surface area contributed by atoms with Crippen molar-refractivity contribution in [2.24, 2.45) is 5.92 Å². The van der Waals surface area contributed by atoms with E-state index in [0.29, 0.717) is 11.7 Å². The van der Waals surface area contributed by atoms with Crippen LogP contribution in [-0.2, 0) is 9.59 Å². The first kappa shape index (κ1) is 21.4. The zero-order chi connectivity index (χ0) is 22.0. The van der Waals surface area contributed by atoms with E-state index in [-0.39, 0.29) is 11.8 Å². The van der Waals surface area contributed by atoms with Gasteiger partial charge in [-0.05, 0) is 50.2 Å². The number of hydrogen-bond acceptors (Lipinski definition) is 6. The molecule has 0 aliphatic carbocycles. The number of carbonyl (C=O) groups is 2. The maximum Gasteiger partial charge on any atom is 0.238 e. The van der Waals surface area contributed by atoms with E-state index in [1.54, 1.807) is 6.92 Å². The van der Waals surface area contributed by atoms with Gasteiger partial charge in [0.1, 0.15) is 5.75 Å². The lowest BCUT2D eigenvalue weighted by Gasteiger charge is -2.27. The number of benzene rings is 2. The highest BCUT2D eigenvalue weighted by Crippen LogP contribution is 2.39. The highest BCUT2D eigenvalue weighted by atomic mass is 32.2. The number of carbonyl (C=O) groups excluding carboxylic acids is 2. The molecule has 2 unspecified atom stereocenters. The van der Waals surface area contributed by atoms with E-state index in [1.807, 2.05) is 62.4 Å². The van der Waals surface area contributed by atoms with Gasteiger partial charge in [-0.15, -0.1) is 23.1 Å². The summed E-state index contributed by atoms with van der Waals surface area (Å²) >= 11 is 2.84. The summed E-state index contributed by atoms with van der Waals surface area (Å²) in [5.74, 6) is -0.0847. The van der Waals surface area contributed by atoms with Crippen LogP contribution in [0.25, 0.3) is 11.3 Å². The van der Waals surface area contributed by atoms with Crippen molar-refractivity contribution in [2.75, 3.05) is 17.2 Å². The van der Waals surface area contributed by atoms with Crippen molar-refractivity contribution < 1.29 is 14.3 Å². The van der Waals surface area contributed by atoms with Crippen LogP contribution in [0.15, 0.2) is 53.4 Å². The Morgan fingerprint density at radius 2 is 1.97 bits per heavy atom. The highest BCUT2D eigenvalue weighted by Gasteiger charge is 2.35. The van der Waals surface area contributed by atoms with Crippen molar-refractivity contribution in [1.29, 1.82) is 0 Å². The number of rotatable bonds is 6. The molecule has 2 atom stereocenters. The molecular formula is C23H23N3O3S2. The number of hydrogen-bond donors (Lipinski definition) is 2. The number of amides is 2. The third-order valence-electron chi connectivity index (χ3n) is 4.99. The number of aryl methyl sites for hydroxylation is 1. The van der Waals surface area contributed by atoms with Gasteiger partial charge in [0.05, 0.1) is 29.2 Å². The van der Waals surface area contributed by atoms with Gasteiger partial charge < -0.3 is 15.4 Å². The van der Waals surface area contributed by atoms with Crippen LogP contribution in [-0.4, -0.2) is 28.7 Å². The van der Waals surface area contributed by atoms with Crippen LogP contribution in [0.3, 0.4) is 0 Å². The zero-order valence-corrected chi connectivity index (χ0v) is 19.1. The minimum absolute atomic E-state index is 0.156. The minimum atomic E-state index is -0.517. The van der Waals surface area contributed by atoms with E-state index in [1.165, 1.54) is 23.1 Å². The summed E-state index contributed by atoms with van der Waals surface area (Å²) < 4.78 is 5.49. The number of fused-ring (bicyclic) bond motifs is 1. The maximum atomic E-state index is 12.9. The van der Waals surface area contributed by atoms with Gasteiger partial charge in [0.15, 0.2) is 5.13 Å². The van der Waals surface area contributed by atoms with Crippen molar-refractivity contribution in [3.63, 3.8) is 0 Å². The summed E-state index contributed by atoms with van der Waals surface area (Å²) in [7, 11) is 0. The van der Waals surface area contributed by atoms with Crippen LogP contribution in [0.4, 0.5) is 10.8 Å². The molecule has 0 saturated carbocycles. The van der Waals surface area contributed by atoms with E-state index in [4.69, 9.17) is 4.74 Å². The number of nitrogens with zero attached hydrogens (tertiary/aromatic N) is 1. The number of aromatic nitrogens is 1. The van der Waals surface area contributed by atoms with Crippen molar-refractivity contribution in [3.05, 3.63) is 53.4 Å². The molecule has 1 aliphatic heterocycles. The highest BCUT2D eigenvalue weighted by molar-refractivity contribution is 8.01. The number of thioether (sulfide) groups is 1. The Morgan fingerprint density at radius 3 is 2.71 bits per heavy atom. The van der Waals surface area contributed by atoms with Crippen molar-refractivity contribution in [2.45, 2.75) is 30.9 Å². The smallest absolute Gasteiger partial charge is 0.238 e. The fourth-order valence-corrected chi connectivity index (χ4v) is 5.36. The average Bonchev–Trinajstić information content (AvgIpc) is 3.13. The molecular weight excluding hydrogens is 430 g/mol. The molecule has 160 valence electrons. The first-order valence-corrected chi connectivity index (χ1v) is 11.7. The van der Waals surface area contributed by atoms with E-state index in [2.05, 4.69) is 15.6 Å². The molecule has 4 rings (SSSR count). The second-order valence-corrected chi connectivity index (χ2v) is 9.57. The number of para-hydroxylation sites is 1. The molecule has 2 amide bonds. The Balaban J connectivity index is 1.46. The number of ether oxygens (including phenoxy) is 1. The standard InChI is InChI=1S/C23H23N3O3S2/c1-4-29-16-11-9-15(10-12-16)19-14(3)30-23(25-19)26-21(27)13(2)20-22(28)24-17-7-5-6-8-18(17)31-20/h5-13,20H,4H2,1-3H3,(H,24,28)(H,25,26,27). The van der Waals surface area contributed by atoms with E-state index in [9.17, 15) is 9.59 Å². The van der Waals surface area contributed by atoms with Crippen molar-refractivity contribution >= 4 is 45.7 Å². The van der Waals surface area contributed by atoms with Crippen LogP contribution in [0.2, 0.25) is 0 Å². The summed E-state index contributed by atoms with van der Waals surface area (Å²) in [4.78, 5) is 32.0. The summed E-state index contributed by atoms with van der Waals surface area (Å²) in [5.41, 5.74) is 2.58. The molecule has 0 radical (unpaired) electrons. The lowest BCUT2D eigenvalue weighted by molar-refractivity contribution is -0.123. The van der Waals surface area contributed by atoms with Gasteiger partial charge in [-0.1, -0.05) is 19.1 Å². The van der Waals surface area contributed by atoms with E-state index >= 15 is 0 Å². The van der Waals surface area contributed by atoms with Gasteiger partial charge in [-0.3, -0.25) is 9.59 Å². The largest absolute Gasteiger partial charge is 0.494 e. The first-order valence-electron chi connectivity index (χ1n) is 10.0. The first-order chi connectivity index (χ1) is 15.0. The molecule has 0 spiro atoms. The van der Waals surface area contributed by atoms with Crippen molar-refractivity contribution in [1.82, 2.24) is 4.98 Å². The zero-order valence-electron chi connectivity index (χ0n) is 17.5. The molecule has 2 aromatic carbocycles. The summed E-state index contributed by atoms with van der Waals surface area (Å²) in [6, 6.07) is 15.4. The Hall–Kier alpha value is -2.84. The molecule has 31 heavy (non-hydrogen) atoms. The van der Waals surface area contributed by atoms with Gasteiger partial charge in [-0.25, -0.2) is 4.98 Å². The average molecular weight is 454 g/mol. The summed E-state index contributed by atoms with van der Waals surface area (Å²) in [5, 5.41) is 5.82. The predicted octanol–water partition coefficient (Wildman–Crippen LogP) is 5.20. The lowest BCUT2D eigenvalue weighted by Crippen LogP contribution is -2.39. The molecule has 0 fully saturated rings. The number of anilines is 2. The van der Waals surface area contributed by atoms with Crippen LogP contribution in [0, 0.1) is 12.8 Å². The van der Waals surface area contributed by atoms with Crippen LogP contribution in [0.1, 0.15) is 18.7 Å². The van der Waals surface area contributed by atoms with Crippen molar-refractivity contribution in [3.8, 4) is 17.0 Å². The third kappa shape index (κ3) is 4.60. The Morgan fingerprint density at radius 1 is 1.23 bits per heavy atom. The molecule has 1 aromatic heterocycles. The SMILES string of the molecule is CCOc1ccc(-c2nc(NC(=O)C(C)C3Sc4ccccc4NC3=O)sc2C)cc1. The number of nitrogens with one attached hydrogen (secondary N) is 2. The van der Waals surface area contributed by atoms with Gasteiger partial charge >= 0.3 is 0 Å². The van der Waals surface area contributed by atoms with Crippen LogP contribution >= 0.6 is 23.1 Å². The van der Waals surface area contributed by atoms with E-state index < -0.39 is 11.2 Å². The molecule has 8 heteroatoms. The Kier molecular flexibility index (Phi) is 6.29. The summed E-state index contributed by atoms with van der Waals surface area (Å²) in [6.45, 7) is 6.31. The third-order valence-corrected chi connectivity index (χ3v) is 7.36. The molecule has 1 aliphatic rings. The quantitative estimate of drug-likeness (QED) is 0.536. The monoisotopic (exact) mass is 453 g/mol. The Labute approximate surface area is 189 Å². The Bertz CT molecular complexity index is 1110. The summed E-state index contributed by atoms with van der Waals surface area (Å²) in [6.07, 6.45) is 0. The van der Waals surface area contributed by atoms with E-state index in [0.717, 1.165) is 32.5 Å². The topological polar surface area (TPSA) is 80.3 Å². The normalized spacial score (nSPS) is 16.2. The van der Waals surface area contributed by atoms with Gasteiger partial charge in [0.25, 0.3) is 0 Å². The fourth-order valence-electron chi connectivity index (χ4n) is 3.35. The predicted molar refractivity (Wildman–Crippen MR) is 126 cm³/mol. The van der Waals surface area contributed by atoms with Gasteiger partial charge in [0.2, 0.25) is 11.8 Å². The molecule has 2 heterocycles. The molecule has 2 N–H and O–H groups in total. The minimum Gasteiger partial charge on any atom is -0.494 e.